The van der Waals surface area contributed by atoms with Crippen molar-refractivity contribution in [2.24, 2.45) is 11.8 Å². The van der Waals surface area contributed by atoms with Crippen LogP contribution in [0.25, 0.3) is 0 Å². The molecule has 0 aliphatic carbocycles. The Labute approximate surface area is 109 Å². The molecule has 0 bridgehead atoms. The van der Waals surface area contributed by atoms with E-state index in [0.29, 0.717) is 0 Å². The molecule has 0 saturated carbocycles. The normalized spacial score (nSPS) is 25.6. The average Bonchev–Trinajstić information content (AvgIpc) is 2.61. The summed E-state index contributed by atoms with van der Waals surface area (Å²) in [7, 11) is 2.27. The van der Waals surface area contributed by atoms with Crippen molar-refractivity contribution < 1.29 is 0 Å². The Morgan fingerprint density at radius 2 is 1.47 bits per heavy atom. The Balaban J connectivity index is 1.87. The number of unbranched alkanes of at least 4 members (excludes halogenated alkanes) is 7. The van der Waals surface area contributed by atoms with Crippen LogP contribution in [-0.4, -0.2) is 25.0 Å². The highest BCUT2D eigenvalue weighted by atomic mass is 15.1. The van der Waals surface area contributed by atoms with Gasteiger partial charge in [-0.2, -0.15) is 0 Å². The van der Waals surface area contributed by atoms with E-state index in [0.717, 1.165) is 11.8 Å². The third-order valence-electron chi connectivity index (χ3n) is 4.38. The lowest BCUT2D eigenvalue weighted by Crippen LogP contribution is -2.13. The molecular weight excluding hydrogens is 206 g/mol. The van der Waals surface area contributed by atoms with E-state index in [1.807, 2.05) is 0 Å². The largest absolute Gasteiger partial charge is 0.306 e. The van der Waals surface area contributed by atoms with Gasteiger partial charge in [0.05, 0.1) is 0 Å². The molecule has 2 atom stereocenters. The maximum absolute atomic E-state index is 2.50. The first-order valence-corrected chi connectivity index (χ1v) is 7.92. The van der Waals surface area contributed by atoms with E-state index in [1.54, 1.807) is 0 Å². The van der Waals surface area contributed by atoms with Gasteiger partial charge in [-0.1, -0.05) is 65.2 Å². The van der Waals surface area contributed by atoms with Gasteiger partial charge in [-0.15, -0.1) is 0 Å². The van der Waals surface area contributed by atoms with Crippen LogP contribution in [0.5, 0.6) is 0 Å². The minimum atomic E-state index is 0.935. The lowest BCUT2D eigenvalue weighted by molar-refractivity contribution is 0.378. The van der Waals surface area contributed by atoms with Crippen molar-refractivity contribution in [3.63, 3.8) is 0 Å². The van der Waals surface area contributed by atoms with Gasteiger partial charge in [0.2, 0.25) is 0 Å². The second-order valence-electron chi connectivity index (χ2n) is 6.22. The van der Waals surface area contributed by atoms with Gasteiger partial charge < -0.3 is 4.90 Å². The molecule has 0 spiro atoms. The molecule has 0 aromatic carbocycles. The second-order valence-corrected chi connectivity index (χ2v) is 6.22. The van der Waals surface area contributed by atoms with Crippen molar-refractivity contribution >= 4 is 0 Å². The van der Waals surface area contributed by atoms with E-state index in [4.69, 9.17) is 0 Å². The molecule has 1 rings (SSSR count). The third-order valence-corrected chi connectivity index (χ3v) is 4.38. The standard InChI is InChI=1S/C16H33N/c1-4-5-6-7-8-9-10-11-12-16-14-17(3)13-15(16)2/h15-16H,4-14H2,1-3H3/t15-,16?/m0/s1. The summed E-state index contributed by atoms with van der Waals surface area (Å²) in [5, 5.41) is 0. The molecule has 0 amide bonds. The molecule has 0 N–H and O–H groups in total. The summed E-state index contributed by atoms with van der Waals surface area (Å²) in [5.74, 6) is 1.92. The van der Waals surface area contributed by atoms with Crippen LogP contribution >= 0.6 is 0 Å². The predicted octanol–water partition coefficient (Wildman–Crippen LogP) is 4.71. The fourth-order valence-electron chi connectivity index (χ4n) is 3.21. The van der Waals surface area contributed by atoms with Gasteiger partial charge in [0.15, 0.2) is 0 Å². The van der Waals surface area contributed by atoms with Crippen LogP contribution in [0.15, 0.2) is 0 Å². The molecule has 1 heterocycles. The quantitative estimate of drug-likeness (QED) is 0.526. The lowest BCUT2D eigenvalue weighted by atomic mass is 9.92. The zero-order valence-corrected chi connectivity index (χ0v) is 12.4. The maximum atomic E-state index is 2.50. The van der Waals surface area contributed by atoms with Gasteiger partial charge in [-0.3, -0.25) is 0 Å². The second kappa shape index (κ2) is 8.97. The number of hydrogen-bond acceptors (Lipinski definition) is 1. The Kier molecular flexibility index (Phi) is 7.92. The van der Waals surface area contributed by atoms with Crippen molar-refractivity contribution in [2.75, 3.05) is 20.1 Å². The van der Waals surface area contributed by atoms with Crippen LogP contribution in [0.1, 0.15) is 71.6 Å². The minimum absolute atomic E-state index is 0.935. The highest BCUT2D eigenvalue weighted by Crippen LogP contribution is 2.26. The molecule has 0 radical (unpaired) electrons. The summed E-state index contributed by atoms with van der Waals surface area (Å²) in [6.45, 7) is 7.39. The van der Waals surface area contributed by atoms with E-state index in [9.17, 15) is 0 Å². The molecule has 102 valence electrons. The summed E-state index contributed by atoms with van der Waals surface area (Å²) < 4.78 is 0. The number of rotatable bonds is 9. The van der Waals surface area contributed by atoms with Crippen molar-refractivity contribution in [3.05, 3.63) is 0 Å². The number of likely N-dealkylation sites (tertiary alicyclic amines) is 1. The van der Waals surface area contributed by atoms with E-state index in [1.165, 1.54) is 70.9 Å². The molecule has 17 heavy (non-hydrogen) atoms. The Morgan fingerprint density at radius 3 is 2.00 bits per heavy atom. The van der Waals surface area contributed by atoms with E-state index >= 15 is 0 Å². The highest BCUT2D eigenvalue weighted by molar-refractivity contribution is 4.79. The third kappa shape index (κ3) is 6.45. The van der Waals surface area contributed by atoms with Crippen molar-refractivity contribution in [3.8, 4) is 0 Å². The Morgan fingerprint density at radius 1 is 0.882 bits per heavy atom. The summed E-state index contributed by atoms with van der Waals surface area (Å²) in [4.78, 5) is 2.50. The fraction of sp³-hybridized carbons (Fsp3) is 1.00. The summed E-state index contributed by atoms with van der Waals surface area (Å²) in [6, 6.07) is 0. The number of hydrogen-bond donors (Lipinski definition) is 0. The van der Waals surface area contributed by atoms with Crippen LogP contribution < -0.4 is 0 Å². The minimum Gasteiger partial charge on any atom is -0.306 e. The van der Waals surface area contributed by atoms with Crippen LogP contribution in [0.3, 0.4) is 0 Å². The molecule has 1 fully saturated rings. The Bertz CT molecular complexity index is 178. The fourth-order valence-corrected chi connectivity index (χ4v) is 3.21. The molecule has 1 saturated heterocycles. The molecule has 1 heteroatoms. The molecule has 1 nitrogen and oxygen atoms in total. The van der Waals surface area contributed by atoms with Gasteiger partial charge in [-0.05, 0) is 25.3 Å². The number of nitrogens with zero attached hydrogens (tertiary/aromatic N) is 1. The topological polar surface area (TPSA) is 3.24 Å². The van der Waals surface area contributed by atoms with E-state index < -0.39 is 0 Å². The zero-order chi connectivity index (χ0) is 12.5. The van der Waals surface area contributed by atoms with Gasteiger partial charge in [0.1, 0.15) is 0 Å². The van der Waals surface area contributed by atoms with Gasteiger partial charge >= 0.3 is 0 Å². The molecule has 1 aliphatic rings. The van der Waals surface area contributed by atoms with Crippen molar-refractivity contribution in [1.29, 1.82) is 0 Å². The summed E-state index contributed by atoms with van der Waals surface area (Å²) >= 11 is 0. The first-order valence-electron chi connectivity index (χ1n) is 7.92. The van der Waals surface area contributed by atoms with Crippen LogP contribution in [0.4, 0.5) is 0 Å². The monoisotopic (exact) mass is 239 g/mol. The van der Waals surface area contributed by atoms with Crippen LogP contribution in [0.2, 0.25) is 0 Å². The molecule has 1 unspecified atom stereocenters. The Hall–Kier alpha value is -0.0400. The molecule has 1 aliphatic heterocycles. The summed E-state index contributed by atoms with van der Waals surface area (Å²) in [5.41, 5.74) is 0. The van der Waals surface area contributed by atoms with Crippen molar-refractivity contribution in [1.82, 2.24) is 4.90 Å². The SMILES string of the molecule is CCCCCCCCCCC1CN(C)C[C@@H]1C. The smallest absolute Gasteiger partial charge is 0.000975 e. The van der Waals surface area contributed by atoms with E-state index in [-0.39, 0.29) is 0 Å². The van der Waals surface area contributed by atoms with Crippen molar-refractivity contribution in [2.45, 2.75) is 71.6 Å². The first kappa shape index (κ1) is 15.0. The molecule has 0 aromatic rings. The van der Waals surface area contributed by atoms with Crippen LogP contribution in [-0.2, 0) is 0 Å². The highest BCUT2D eigenvalue weighted by Gasteiger charge is 2.26. The van der Waals surface area contributed by atoms with E-state index in [2.05, 4.69) is 25.8 Å². The van der Waals surface area contributed by atoms with Gasteiger partial charge in [0.25, 0.3) is 0 Å². The van der Waals surface area contributed by atoms with Gasteiger partial charge in [-0.25, -0.2) is 0 Å². The predicted molar refractivity (Wildman–Crippen MR) is 77.4 cm³/mol. The molecule has 0 aromatic heterocycles. The maximum Gasteiger partial charge on any atom is 0.000975 e. The van der Waals surface area contributed by atoms with Gasteiger partial charge in [0, 0.05) is 13.1 Å². The lowest BCUT2D eigenvalue weighted by Gasteiger charge is -2.13. The first-order chi connectivity index (χ1) is 8.24. The zero-order valence-electron chi connectivity index (χ0n) is 12.4. The van der Waals surface area contributed by atoms with Crippen LogP contribution in [0, 0.1) is 11.8 Å². The molecular formula is C16H33N. The summed E-state index contributed by atoms with van der Waals surface area (Å²) in [6.07, 6.45) is 13.1. The average molecular weight is 239 g/mol.